The van der Waals surface area contributed by atoms with Crippen LogP contribution in [-0.4, -0.2) is 42.0 Å². The van der Waals surface area contributed by atoms with Crippen molar-refractivity contribution in [1.29, 1.82) is 5.26 Å². The molecule has 1 saturated carbocycles. The molecule has 1 aromatic heterocycles. The number of piperidine rings is 1. The van der Waals surface area contributed by atoms with Gasteiger partial charge in [-0.25, -0.2) is 0 Å². The minimum absolute atomic E-state index is 0.283. The molecule has 8 heteroatoms. The molecule has 4 N–H and O–H groups in total. The van der Waals surface area contributed by atoms with Gasteiger partial charge in [-0.05, 0) is 74.9 Å². The van der Waals surface area contributed by atoms with Crippen LogP contribution in [0.25, 0.3) is 10.9 Å². The fourth-order valence-corrected chi connectivity index (χ4v) is 4.44. The zero-order valence-electron chi connectivity index (χ0n) is 17.4. The molecular weight excluding hydrogens is 414 g/mol. The summed E-state index contributed by atoms with van der Waals surface area (Å²) in [6.45, 7) is 1.89. The van der Waals surface area contributed by atoms with Crippen molar-refractivity contribution in [2.45, 2.75) is 50.6 Å². The Morgan fingerprint density at radius 3 is 2.71 bits per heavy atom. The zero-order chi connectivity index (χ0) is 21.8. The number of nitrogens with zero attached hydrogens (tertiary/aromatic N) is 1. The van der Waals surface area contributed by atoms with Gasteiger partial charge >= 0.3 is 0 Å². The predicted octanol–water partition coefficient (Wildman–Crippen LogP) is 3.12. The minimum Gasteiger partial charge on any atom is -0.351 e. The Kier molecular flexibility index (Phi) is 6.79. The lowest BCUT2D eigenvalue weighted by Gasteiger charge is -2.26. The van der Waals surface area contributed by atoms with Crippen molar-refractivity contribution in [3.8, 4) is 6.07 Å². The van der Waals surface area contributed by atoms with Gasteiger partial charge in [0.15, 0.2) is 0 Å². The van der Waals surface area contributed by atoms with Gasteiger partial charge in [0.05, 0.1) is 6.07 Å². The van der Waals surface area contributed by atoms with E-state index in [2.05, 4.69) is 27.0 Å². The summed E-state index contributed by atoms with van der Waals surface area (Å²) in [6, 6.07) is 8.11. The van der Waals surface area contributed by atoms with Gasteiger partial charge in [-0.15, -0.1) is 0 Å². The first-order chi connectivity index (χ1) is 15.0. The smallest absolute Gasteiger partial charge is 0.268 e. The van der Waals surface area contributed by atoms with Crippen LogP contribution in [0.5, 0.6) is 0 Å². The Bertz CT molecular complexity index is 988. The number of rotatable bonds is 8. The number of carbonyl (C=O) groups is 2. The van der Waals surface area contributed by atoms with Crippen LogP contribution in [0, 0.1) is 23.2 Å². The quantitative estimate of drug-likeness (QED) is 0.504. The molecule has 2 fully saturated rings. The summed E-state index contributed by atoms with van der Waals surface area (Å²) in [5.41, 5.74) is 1.19. The molecule has 1 aliphatic heterocycles. The van der Waals surface area contributed by atoms with Gasteiger partial charge in [0.2, 0.25) is 5.91 Å². The summed E-state index contributed by atoms with van der Waals surface area (Å²) in [5, 5.41) is 20.1. The van der Waals surface area contributed by atoms with E-state index in [0.29, 0.717) is 35.4 Å². The second-order valence-corrected chi connectivity index (χ2v) is 9.19. The number of benzene rings is 1. The first kappa shape index (κ1) is 21.7. The zero-order valence-corrected chi connectivity index (χ0v) is 18.2. The number of H-pyrrole nitrogens is 1. The molecule has 2 heterocycles. The molecular formula is C23H28ClN5O2. The molecule has 0 bridgehead atoms. The SMILES string of the molecule is N#C[C@H](C[C@@H]1CCCNC1)NC(=O)[C@H](CC1CC1)NC(=O)c1cc2cc(Cl)ccc2[nH]1. The number of aromatic nitrogens is 1. The number of hydrogen-bond acceptors (Lipinski definition) is 4. The van der Waals surface area contributed by atoms with E-state index in [0.717, 1.165) is 49.7 Å². The van der Waals surface area contributed by atoms with Crippen LogP contribution in [0.2, 0.25) is 5.02 Å². The molecule has 0 radical (unpaired) electrons. The Balaban J connectivity index is 1.41. The molecule has 1 aliphatic carbocycles. The van der Waals surface area contributed by atoms with Gasteiger partial charge < -0.3 is 20.9 Å². The van der Waals surface area contributed by atoms with E-state index >= 15 is 0 Å². The third kappa shape index (κ3) is 5.78. The maximum atomic E-state index is 13.0. The van der Waals surface area contributed by atoms with Crippen molar-refractivity contribution in [2.75, 3.05) is 13.1 Å². The van der Waals surface area contributed by atoms with Crippen LogP contribution < -0.4 is 16.0 Å². The Hall–Kier alpha value is -2.56. The minimum atomic E-state index is -0.657. The van der Waals surface area contributed by atoms with Crippen molar-refractivity contribution in [1.82, 2.24) is 20.9 Å². The molecule has 164 valence electrons. The first-order valence-corrected chi connectivity index (χ1v) is 11.4. The topological polar surface area (TPSA) is 110 Å². The summed E-state index contributed by atoms with van der Waals surface area (Å²) in [7, 11) is 0. The largest absolute Gasteiger partial charge is 0.351 e. The van der Waals surface area contributed by atoms with Gasteiger partial charge in [-0.1, -0.05) is 24.4 Å². The molecule has 2 aliphatic rings. The Morgan fingerprint density at radius 1 is 1.16 bits per heavy atom. The standard InChI is InChI=1S/C23H28ClN5O2/c24-17-5-6-19-16(10-17)11-21(28-19)23(31)29-20(9-14-3-4-14)22(30)27-18(12-25)8-15-2-1-7-26-13-15/h5-6,10-11,14-15,18,20,26,28H,1-4,7-9,13H2,(H,27,30)(H,29,31)/t15-,18-,20-/m0/s1. The third-order valence-electron chi connectivity index (χ3n) is 6.16. The number of nitrogens with one attached hydrogen (secondary N) is 4. The van der Waals surface area contributed by atoms with E-state index in [-0.39, 0.29) is 11.8 Å². The molecule has 1 aromatic carbocycles. The van der Waals surface area contributed by atoms with Crippen molar-refractivity contribution < 1.29 is 9.59 Å². The maximum Gasteiger partial charge on any atom is 0.268 e. The van der Waals surface area contributed by atoms with E-state index in [1.165, 1.54) is 0 Å². The van der Waals surface area contributed by atoms with Crippen LogP contribution in [0.4, 0.5) is 0 Å². The highest BCUT2D eigenvalue weighted by atomic mass is 35.5. The van der Waals surface area contributed by atoms with Gasteiger partial charge in [0.25, 0.3) is 5.91 Å². The van der Waals surface area contributed by atoms with E-state index in [9.17, 15) is 14.9 Å². The molecule has 0 unspecified atom stereocenters. The third-order valence-corrected chi connectivity index (χ3v) is 6.39. The van der Waals surface area contributed by atoms with Crippen LogP contribution in [-0.2, 0) is 4.79 Å². The summed E-state index contributed by atoms with van der Waals surface area (Å²) in [6.07, 6.45) is 5.51. The molecule has 3 atom stereocenters. The molecule has 31 heavy (non-hydrogen) atoms. The molecule has 4 rings (SSSR count). The molecule has 0 spiro atoms. The summed E-state index contributed by atoms with van der Waals surface area (Å²) < 4.78 is 0. The first-order valence-electron chi connectivity index (χ1n) is 11.0. The van der Waals surface area contributed by atoms with Crippen LogP contribution >= 0.6 is 11.6 Å². The van der Waals surface area contributed by atoms with Crippen LogP contribution in [0.15, 0.2) is 24.3 Å². The van der Waals surface area contributed by atoms with E-state index in [1.54, 1.807) is 18.2 Å². The van der Waals surface area contributed by atoms with Gasteiger partial charge in [-0.3, -0.25) is 9.59 Å². The lowest BCUT2D eigenvalue weighted by atomic mass is 9.92. The number of carbonyl (C=O) groups excluding carboxylic acids is 2. The number of fused-ring (bicyclic) bond motifs is 1. The second-order valence-electron chi connectivity index (χ2n) is 8.76. The fourth-order valence-electron chi connectivity index (χ4n) is 4.25. The average Bonchev–Trinajstić information content (AvgIpc) is 3.49. The number of nitriles is 1. The van der Waals surface area contributed by atoms with E-state index in [1.807, 2.05) is 6.07 Å². The van der Waals surface area contributed by atoms with Crippen molar-refractivity contribution in [3.63, 3.8) is 0 Å². The number of hydrogen-bond donors (Lipinski definition) is 4. The summed E-state index contributed by atoms with van der Waals surface area (Å²) >= 11 is 6.03. The average molecular weight is 442 g/mol. The van der Waals surface area contributed by atoms with Crippen molar-refractivity contribution in [2.24, 2.45) is 11.8 Å². The summed E-state index contributed by atoms with van der Waals surface area (Å²) in [4.78, 5) is 28.9. The van der Waals surface area contributed by atoms with E-state index < -0.39 is 12.1 Å². The molecule has 2 aromatic rings. The van der Waals surface area contributed by atoms with Crippen molar-refractivity contribution >= 4 is 34.3 Å². The Morgan fingerprint density at radius 2 is 2.00 bits per heavy atom. The lowest BCUT2D eigenvalue weighted by molar-refractivity contribution is -0.123. The number of halogens is 1. The van der Waals surface area contributed by atoms with Crippen LogP contribution in [0.3, 0.4) is 0 Å². The van der Waals surface area contributed by atoms with Crippen LogP contribution in [0.1, 0.15) is 49.0 Å². The molecule has 2 amide bonds. The van der Waals surface area contributed by atoms with Gasteiger partial charge in [-0.2, -0.15) is 5.26 Å². The monoisotopic (exact) mass is 441 g/mol. The molecule has 1 saturated heterocycles. The lowest BCUT2D eigenvalue weighted by Crippen LogP contribution is -2.50. The number of amides is 2. The number of aromatic amines is 1. The van der Waals surface area contributed by atoms with Gasteiger partial charge in [0, 0.05) is 15.9 Å². The normalized spacial score (nSPS) is 20.6. The van der Waals surface area contributed by atoms with Crippen molar-refractivity contribution in [3.05, 3.63) is 35.0 Å². The Labute approximate surface area is 186 Å². The predicted molar refractivity (Wildman–Crippen MR) is 120 cm³/mol. The summed E-state index contributed by atoms with van der Waals surface area (Å²) in [5.74, 6) is 0.210. The van der Waals surface area contributed by atoms with E-state index in [4.69, 9.17) is 11.6 Å². The highest BCUT2D eigenvalue weighted by Crippen LogP contribution is 2.33. The highest BCUT2D eigenvalue weighted by Gasteiger charge is 2.32. The maximum absolute atomic E-state index is 13.0. The second kappa shape index (κ2) is 9.71. The highest BCUT2D eigenvalue weighted by molar-refractivity contribution is 6.31. The van der Waals surface area contributed by atoms with Gasteiger partial charge in [0.1, 0.15) is 17.8 Å². The fraction of sp³-hybridized carbons (Fsp3) is 0.522. The molecule has 7 nitrogen and oxygen atoms in total.